The Morgan fingerprint density at radius 3 is 2.62 bits per heavy atom. The van der Waals surface area contributed by atoms with Gasteiger partial charge in [0.05, 0.1) is 18.2 Å². The number of aromatic amines is 1. The van der Waals surface area contributed by atoms with Gasteiger partial charge in [-0.15, -0.1) is 0 Å². The van der Waals surface area contributed by atoms with E-state index in [1.807, 2.05) is 48.5 Å². The molecule has 130 valence electrons. The number of methoxy groups -OCH3 is 1. The number of aromatic nitrogens is 2. The highest BCUT2D eigenvalue weighted by Gasteiger charge is 2.13. The highest BCUT2D eigenvalue weighted by atomic mass is 19.1. The van der Waals surface area contributed by atoms with Gasteiger partial charge < -0.3 is 14.5 Å². The van der Waals surface area contributed by atoms with E-state index in [2.05, 4.69) is 9.97 Å². The Bertz CT molecular complexity index is 1040. The van der Waals surface area contributed by atoms with E-state index in [9.17, 15) is 4.39 Å². The van der Waals surface area contributed by atoms with Gasteiger partial charge in [0.1, 0.15) is 29.4 Å². The molecule has 0 amide bonds. The van der Waals surface area contributed by atoms with Gasteiger partial charge in [0.2, 0.25) is 0 Å². The SMILES string of the molecule is COc1cc(OCc2ccccc2)ccc1-c1nc2c(F)cccc2[nH]1. The van der Waals surface area contributed by atoms with Crippen LogP contribution in [-0.4, -0.2) is 17.1 Å². The Morgan fingerprint density at radius 1 is 1.00 bits per heavy atom. The lowest BCUT2D eigenvalue weighted by atomic mass is 10.2. The molecule has 1 aromatic heterocycles. The quantitative estimate of drug-likeness (QED) is 0.555. The Kier molecular flexibility index (Phi) is 4.27. The third-order valence-electron chi connectivity index (χ3n) is 4.14. The molecule has 1 heterocycles. The standard InChI is InChI=1S/C21H17FN2O2/c1-25-19-12-15(26-13-14-6-3-2-4-7-14)10-11-16(19)21-23-18-9-5-8-17(22)20(18)24-21/h2-12H,13H2,1H3,(H,23,24). The molecule has 26 heavy (non-hydrogen) atoms. The Morgan fingerprint density at radius 2 is 1.85 bits per heavy atom. The van der Waals surface area contributed by atoms with E-state index in [4.69, 9.17) is 9.47 Å². The normalized spacial score (nSPS) is 10.8. The van der Waals surface area contributed by atoms with Crippen molar-refractivity contribution in [3.8, 4) is 22.9 Å². The van der Waals surface area contributed by atoms with Crippen LogP contribution in [0.4, 0.5) is 4.39 Å². The molecule has 0 aliphatic carbocycles. The maximum atomic E-state index is 13.9. The van der Waals surface area contributed by atoms with Crippen LogP contribution in [0.1, 0.15) is 5.56 Å². The first-order valence-corrected chi connectivity index (χ1v) is 8.24. The zero-order valence-electron chi connectivity index (χ0n) is 14.2. The minimum Gasteiger partial charge on any atom is -0.496 e. The van der Waals surface area contributed by atoms with Crippen molar-refractivity contribution in [3.05, 3.63) is 78.1 Å². The molecule has 4 rings (SSSR count). The van der Waals surface area contributed by atoms with Gasteiger partial charge in [-0.2, -0.15) is 0 Å². The lowest BCUT2D eigenvalue weighted by Crippen LogP contribution is -1.96. The van der Waals surface area contributed by atoms with E-state index in [-0.39, 0.29) is 5.82 Å². The fourth-order valence-electron chi connectivity index (χ4n) is 2.82. The summed E-state index contributed by atoms with van der Waals surface area (Å²) < 4.78 is 25.2. The van der Waals surface area contributed by atoms with Gasteiger partial charge in [0.25, 0.3) is 0 Å². The van der Waals surface area contributed by atoms with E-state index in [0.29, 0.717) is 35.0 Å². The molecule has 3 aromatic carbocycles. The molecule has 0 aliphatic rings. The second-order valence-electron chi connectivity index (χ2n) is 5.86. The molecule has 4 nitrogen and oxygen atoms in total. The number of benzene rings is 3. The first kappa shape index (κ1) is 16.1. The molecule has 0 saturated heterocycles. The van der Waals surface area contributed by atoms with Gasteiger partial charge in [-0.1, -0.05) is 36.4 Å². The number of rotatable bonds is 5. The zero-order chi connectivity index (χ0) is 17.9. The summed E-state index contributed by atoms with van der Waals surface area (Å²) in [5.41, 5.74) is 2.79. The number of hydrogen-bond acceptors (Lipinski definition) is 3. The molecule has 0 saturated carbocycles. The molecule has 4 aromatic rings. The topological polar surface area (TPSA) is 47.1 Å². The Balaban J connectivity index is 1.63. The molecule has 0 spiro atoms. The fourth-order valence-corrected chi connectivity index (χ4v) is 2.82. The first-order valence-electron chi connectivity index (χ1n) is 8.24. The number of hydrogen-bond donors (Lipinski definition) is 1. The van der Waals surface area contributed by atoms with Crippen LogP contribution in [-0.2, 0) is 6.61 Å². The van der Waals surface area contributed by atoms with Gasteiger partial charge in [0, 0.05) is 6.07 Å². The summed E-state index contributed by atoms with van der Waals surface area (Å²) >= 11 is 0. The van der Waals surface area contributed by atoms with Crippen molar-refractivity contribution in [2.24, 2.45) is 0 Å². The van der Waals surface area contributed by atoms with Crippen LogP contribution < -0.4 is 9.47 Å². The molecule has 0 radical (unpaired) electrons. The number of fused-ring (bicyclic) bond motifs is 1. The molecule has 1 N–H and O–H groups in total. The van der Waals surface area contributed by atoms with Crippen molar-refractivity contribution in [1.82, 2.24) is 9.97 Å². The molecule has 5 heteroatoms. The summed E-state index contributed by atoms with van der Waals surface area (Å²) in [7, 11) is 1.59. The highest BCUT2D eigenvalue weighted by Crippen LogP contribution is 2.33. The largest absolute Gasteiger partial charge is 0.496 e. The van der Waals surface area contributed by atoms with Gasteiger partial charge in [0.15, 0.2) is 5.82 Å². The van der Waals surface area contributed by atoms with E-state index in [1.54, 1.807) is 19.2 Å². The highest BCUT2D eigenvalue weighted by molar-refractivity contribution is 5.81. The van der Waals surface area contributed by atoms with E-state index < -0.39 is 0 Å². The molecule has 0 aliphatic heterocycles. The van der Waals surface area contributed by atoms with E-state index in [1.165, 1.54) is 6.07 Å². The van der Waals surface area contributed by atoms with Crippen molar-refractivity contribution >= 4 is 11.0 Å². The average Bonchev–Trinajstić information content (AvgIpc) is 3.12. The minimum absolute atomic E-state index is 0.314. The average molecular weight is 348 g/mol. The Hall–Kier alpha value is -3.34. The number of H-pyrrole nitrogens is 1. The summed E-state index contributed by atoms with van der Waals surface area (Å²) in [6, 6.07) is 20.3. The Labute approximate surface area is 150 Å². The number of para-hydroxylation sites is 1. The number of imidazole rings is 1. The predicted octanol–water partition coefficient (Wildman–Crippen LogP) is 4.96. The summed E-state index contributed by atoms with van der Waals surface area (Å²) in [4.78, 5) is 7.50. The van der Waals surface area contributed by atoms with Crippen LogP contribution in [0.2, 0.25) is 0 Å². The van der Waals surface area contributed by atoms with E-state index in [0.717, 1.165) is 11.1 Å². The smallest absolute Gasteiger partial charge is 0.151 e. The zero-order valence-corrected chi connectivity index (χ0v) is 14.2. The van der Waals surface area contributed by atoms with Gasteiger partial charge in [-0.3, -0.25) is 0 Å². The van der Waals surface area contributed by atoms with Gasteiger partial charge in [-0.25, -0.2) is 9.37 Å². The summed E-state index contributed by atoms with van der Waals surface area (Å²) in [5, 5.41) is 0. The van der Waals surface area contributed by atoms with Crippen LogP contribution in [0.3, 0.4) is 0 Å². The van der Waals surface area contributed by atoms with Crippen LogP contribution in [0.5, 0.6) is 11.5 Å². The summed E-state index contributed by atoms with van der Waals surface area (Å²) in [5.74, 6) is 1.50. The monoisotopic (exact) mass is 348 g/mol. The first-order chi connectivity index (χ1) is 12.7. The lowest BCUT2D eigenvalue weighted by molar-refractivity contribution is 0.304. The second-order valence-corrected chi connectivity index (χ2v) is 5.86. The van der Waals surface area contributed by atoms with Gasteiger partial charge in [-0.05, 0) is 29.8 Å². The van der Waals surface area contributed by atoms with Crippen LogP contribution in [0, 0.1) is 5.82 Å². The van der Waals surface area contributed by atoms with Crippen molar-refractivity contribution in [1.29, 1.82) is 0 Å². The molecular formula is C21H17FN2O2. The van der Waals surface area contributed by atoms with Gasteiger partial charge >= 0.3 is 0 Å². The lowest BCUT2D eigenvalue weighted by Gasteiger charge is -2.10. The number of halogens is 1. The van der Waals surface area contributed by atoms with Crippen LogP contribution in [0.15, 0.2) is 66.7 Å². The van der Waals surface area contributed by atoms with Crippen molar-refractivity contribution in [2.75, 3.05) is 7.11 Å². The van der Waals surface area contributed by atoms with E-state index >= 15 is 0 Å². The number of nitrogens with one attached hydrogen (secondary N) is 1. The maximum Gasteiger partial charge on any atom is 0.151 e. The second kappa shape index (κ2) is 6.88. The van der Waals surface area contributed by atoms with Crippen molar-refractivity contribution in [2.45, 2.75) is 6.61 Å². The molecule has 0 bridgehead atoms. The fraction of sp³-hybridized carbons (Fsp3) is 0.0952. The summed E-state index contributed by atoms with van der Waals surface area (Å²) in [6.45, 7) is 0.471. The van der Waals surface area contributed by atoms with Crippen molar-refractivity contribution in [3.63, 3.8) is 0 Å². The summed E-state index contributed by atoms with van der Waals surface area (Å²) in [6.07, 6.45) is 0. The number of nitrogens with zero attached hydrogens (tertiary/aromatic N) is 1. The van der Waals surface area contributed by atoms with Crippen molar-refractivity contribution < 1.29 is 13.9 Å². The van der Waals surface area contributed by atoms with Crippen LogP contribution >= 0.6 is 0 Å². The molecule has 0 atom stereocenters. The minimum atomic E-state index is -0.355. The number of ether oxygens (including phenoxy) is 2. The third kappa shape index (κ3) is 3.11. The molecular weight excluding hydrogens is 331 g/mol. The van der Waals surface area contributed by atoms with Crippen LogP contribution in [0.25, 0.3) is 22.4 Å². The molecule has 0 unspecified atom stereocenters. The molecule has 0 fully saturated rings. The third-order valence-corrected chi connectivity index (χ3v) is 4.14. The maximum absolute atomic E-state index is 13.9. The predicted molar refractivity (Wildman–Crippen MR) is 98.8 cm³/mol.